The van der Waals surface area contributed by atoms with Crippen molar-refractivity contribution in [2.24, 2.45) is 0 Å². The van der Waals surface area contributed by atoms with Crippen LogP contribution in [-0.4, -0.2) is 24.9 Å². The molecular weight excluding hydrogens is 276 g/mol. The lowest BCUT2D eigenvalue weighted by atomic mass is 9.90. The van der Waals surface area contributed by atoms with E-state index in [1.165, 1.54) is 0 Å². The molecule has 21 heavy (non-hydrogen) atoms. The lowest BCUT2D eigenvalue weighted by Crippen LogP contribution is -2.44. The van der Waals surface area contributed by atoms with E-state index in [9.17, 15) is 8.78 Å². The third-order valence-electron chi connectivity index (χ3n) is 4.09. The van der Waals surface area contributed by atoms with Crippen molar-refractivity contribution in [1.82, 2.24) is 5.32 Å². The lowest BCUT2D eigenvalue weighted by Gasteiger charge is -2.38. The van der Waals surface area contributed by atoms with Crippen molar-refractivity contribution in [1.29, 1.82) is 0 Å². The molecule has 2 atom stereocenters. The molecule has 1 aromatic carbocycles. The molecule has 0 bridgehead atoms. The van der Waals surface area contributed by atoms with Gasteiger partial charge in [-0.2, -0.15) is 8.78 Å². The van der Waals surface area contributed by atoms with Crippen molar-refractivity contribution >= 4 is 0 Å². The Bertz CT molecular complexity index is 438. The number of halogens is 2. The average Bonchev–Trinajstić information content (AvgIpc) is 2.46. The van der Waals surface area contributed by atoms with Gasteiger partial charge < -0.3 is 14.8 Å². The van der Waals surface area contributed by atoms with Crippen LogP contribution in [0, 0.1) is 0 Å². The summed E-state index contributed by atoms with van der Waals surface area (Å²) < 4.78 is 34.3. The average molecular weight is 299 g/mol. The number of hydrogen-bond acceptors (Lipinski definition) is 3. The first-order valence-corrected chi connectivity index (χ1v) is 7.42. The SMILES string of the molecule is CCC1(C)CC(NCc2ccc(OC(F)F)cc2)CCO1. The molecule has 0 aromatic heterocycles. The highest BCUT2D eigenvalue weighted by molar-refractivity contribution is 5.27. The van der Waals surface area contributed by atoms with Crippen LogP contribution in [0.15, 0.2) is 24.3 Å². The van der Waals surface area contributed by atoms with Crippen LogP contribution in [0.3, 0.4) is 0 Å². The summed E-state index contributed by atoms with van der Waals surface area (Å²) in [5.41, 5.74) is 1.02. The van der Waals surface area contributed by atoms with Crippen LogP contribution in [0.4, 0.5) is 8.78 Å². The molecule has 2 rings (SSSR count). The smallest absolute Gasteiger partial charge is 0.387 e. The van der Waals surface area contributed by atoms with E-state index in [1.807, 2.05) is 12.1 Å². The van der Waals surface area contributed by atoms with Crippen molar-refractivity contribution < 1.29 is 18.3 Å². The molecule has 3 nitrogen and oxygen atoms in total. The Kier molecular flexibility index (Phi) is 5.53. The minimum absolute atomic E-state index is 0.0368. The topological polar surface area (TPSA) is 30.5 Å². The van der Waals surface area contributed by atoms with Crippen molar-refractivity contribution in [3.05, 3.63) is 29.8 Å². The highest BCUT2D eigenvalue weighted by atomic mass is 19.3. The molecule has 2 unspecified atom stereocenters. The summed E-state index contributed by atoms with van der Waals surface area (Å²) in [6.07, 6.45) is 3.00. The molecule has 1 N–H and O–H groups in total. The Labute approximate surface area is 124 Å². The van der Waals surface area contributed by atoms with Gasteiger partial charge in [-0.25, -0.2) is 0 Å². The molecular formula is C16H23F2NO2. The summed E-state index contributed by atoms with van der Waals surface area (Å²) >= 11 is 0. The highest BCUT2D eigenvalue weighted by Crippen LogP contribution is 2.27. The molecule has 1 fully saturated rings. The van der Waals surface area contributed by atoms with Gasteiger partial charge in [0.1, 0.15) is 5.75 Å². The summed E-state index contributed by atoms with van der Waals surface area (Å²) in [6, 6.07) is 7.19. The maximum Gasteiger partial charge on any atom is 0.387 e. The van der Waals surface area contributed by atoms with Crippen molar-refractivity contribution in [2.75, 3.05) is 6.61 Å². The summed E-state index contributed by atoms with van der Waals surface area (Å²) in [5.74, 6) is 0.193. The quantitative estimate of drug-likeness (QED) is 0.868. The van der Waals surface area contributed by atoms with Gasteiger partial charge in [-0.15, -0.1) is 0 Å². The maximum absolute atomic E-state index is 12.1. The molecule has 0 amide bonds. The first kappa shape index (κ1) is 16.2. The van der Waals surface area contributed by atoms with Crippen LogP contribution < -0.4 is 10.1 Å². The predicted molar refractivity (Wildman–Crippen MR) is 77.6 cm³/mol. The molecule has 0 aliphatic carbocycles. The first-order chi connectivity index (χ1) is 10.0. The number of benzene rings is 1. The molecule has 1 aromatic rings. The maximum atomic E-state index is 12.1. The molecule has 0 saturated carbocycles. The van der Waals surface area contributed by atoms with E-state index in [2.05, 4.69) is 23.9 Å². The van der Waals surface area contributed by atoms with E-state index in [4.69, 9.17) is 4.74 Å². The van der Waals surface area contributed by atoms with E-state index < -0.39 is 6.61 Å². The lowest BCUT2D eigenvalue weighted by molar-refractivity contribution is -0.0781. The second kappa shape index (κ2) is 7.18. The fourth-order valence-corrected chi connectivity index (χ4v) is 2.60. The monoisotopic (exact) mass is 299 g/mol. The van der Waals surface area contributed by atoms with Crippen molar-refractivity contribution in [2.45, 2.75) is 57.9 Å². The number of alkyl halides is 2. The van der Waals surface area contributed by atoms with E-state index in [0.717, 1.165) is 38.0 Å². The van der Waals surface area contributed by atoms with E-state index >= 15 is 0 Å². The second-order valence-corrected chi connectivity index (χ2v) is 5.74. The minimum Gasteiger partial charge on any atom is -0.435 e. The van der Waals surface area contributed by atoms with E-state index in [-0.39, 0.29) is 11.4 Å². The Morgan fingerprint density at radius 2 is 2.10 bits per heavy atom. The van der Waals surface area contributed by atoms with Crippen LogP contribution >= 0.6 is 0 Å². The summed E-state index contributed by atoms with van der Waals surface area (Å²) in [6.45, 7) is 3.02. The molecule has 1 aliphatic rings. The van der Waals surface area contributed by atoms with Crippen molar-refractivity contribution in [3.63, 3.8) is 0 Å². The highest BCUT2D eigenvalue weighted by Gasteiger charge is 2.31. The van der Waals surface area contributed by atoms with Gasteiger partial charge in [-0.1, -0.05) is 19.1 Å². The molecule has 1 heterocycles. The molecule has 0 radical (unpaired) electrons. The molecule has 118 valence electrons. The zero-order chi connectivity index (χ0) is 15.3. The zero-order valence-corrected chi connectivity index (χ0v) is 12.6. The standard InChI is InChI=1S/C16H23F2NO2/c1-3-16(2)10-13(8-9-20-16)19-11-12-4-6-14(7-5-12)21-15(17)18/h4-7,13,15,19H,3,8-11H2,1-2H3. The van der Waals surface area contributed by atoms with E-state index in [1.54, 1.807) is 12.1 Å². The van der Waals surface area contributed by atoms with Crippen LogP contribution in [0.5, 0.6) is 5.75 Å². The number of hydrogen-bond donors (Lipinski definition) is 1. The Morgan fingerprint density at radius 3 is 2.71 bits per heavy atom. The first-order valence-electron chi connectivity index (χ1n) is 7.42. The van der Waals surface area contributed by atoms with Gasteiger partial charge in [0.2, 0.25) is 0 Å². The fourth-order valence-electron chi connectivity index (χ4n) is 2.60. The van der Waals surface area contributed by atoms with Gasteiger partial charge in [0.05, 0.1) is 5.60 Å². The minimum atomic E-state index is -2.78. The van der Waals surface area contributed by atoms with Gasteiger partial charge in [0.25, 0.3) is 0 Å². The van der Waals surface area contributed by atoms with Crippen LogP contribution in [0.25, 0.3) is 0 Å². The zero-order valence-electron chi connectivity index (χ0n) is 12.6. The van der Waals surface area contributed by atoms with Gasteiger partial charge in [-0.3, -0.25) is 0 Å². The van der Waals surface area contributed by atoms with Crippen LogP contribution in [0.1, 0.15) is 38.7 Å². The van der Waals surface area contributed by atoms with Crippen molar-refractivity contribution in [3.8, 4) is 5.75 Å². The summed E-state index contributed by atoms with van der Waals surface area (Å²) in [4.78, 5) is 0. The molecule has 5 heteroatoms. The predicted octanol–water partition coefficient (Wildman–Crippen LogP) is 3.73. The molecule has 1 aliphatic heterocycles. The Balaban J connectivity index is 1.82. The third kappa shape index (κ3) is 4.93. The Morgan fingerprint density at radius 1 is 1.38 bits per heavy atom. The van der Waals surface area contributed by atoms with Gasteiger partial charge in [0.15, 0.2) is 0 Å². The normalized spacial score (nSPS) is 26.0. The summed E-state index contributed by atoms with van der Waals surface area (Å²) in [5, 5.41) is 3.52. The fraction of sp³-hybridized carbons (Fsp3) is 0.625. The summed E-state index contributed by atoms with van der Waals surface area (Å²) in [7, 11) is 0. The molecule has 0 spiro atoms. The number of nitrogens with one attached hydrogen (secondary N) is 1. The molecule has 1 saturated heterocycles. The van der Waals surface area contributed by atoms with Crippen LogP contribution in [0.2, 0.25) is 0 Å². The largest absolute Gasteiger partial charge is 0.435 e. The number of rotatable bonds is 6. The van der Waals surface area contributed by atoms with Gasteiger partial charge >= 0.3 is 6.61 Å². The Hall–Kier alpha value is -1.20. The number of ether oxygens (including phenoxy) is 2. The van der Waals surface area contributed by atoms with Crippen LogP contribution in [-0.2, 0) is 11.3 Å². The third-order valence-corrected chi connectivity index (χ3v) is 4.09. The van der Waals surface area contributed by atoms with Gasteiger partial charge in [0, 0.05) is 19.2 Å². The van der Waals surface area contributed by atoms with Gasteiger partial charge in [-0.05, 0) is 43.9 Å². The van der Waals surface area contributed by atoms with E-state index in [0.29, 0.717) is 6.04 Å². The second-order valence-electron chi connectivity index (χ2n) is 5.74.